The summed E-state index contributed by atoms with van der Waals surface area (Å²) in [7, 11) is -0.708. The quantitative estimate of drug-likeness (QED) is 0.759. The van der Waals surface area contributed by atoms with Crippen molar-refractivity contribution in [3.8, 4) is 0 Å². The predicted molar refractivity (Wildman–Crippen MR) is 107 cm³/mol. The highest BCUT2D eigenvalue weighted by atomic mass is 32.2. The molecular weight excluding hydrogens is 366 g/mol. The van der Waals surface area contributed by atoms with E-state index in [1.165, 1.54) is 20.9 Å². The topological polar surface area (TPSA) is 56.4 Å². The Labute approximate surface area is 160 Å². The predicted octanol–water partition coefficient (Wildman–Crippen LogP) is 1.80. The molecule has 1 aliphatic rings. The molecule has 0 bridgehead atoms. The second-order valence-corrected chi connectivity index (χ2v) is 10.4. The zero-order chi connectivity index (χ0) is 18.9. The molecule has 2 aromatic rings. The van der Waals surface area contributed by atoms with Gasteiger partial charge in [-0.05, 0) is 38.7 Å². The molecule has 2 heterocycles. The van der Waals surface area contributed by atoms with Gasteiger partial charge in [-0.1, -0.05) is 12.1 Å². The second kappa shape index (κ2) is 7.74. The average molecular weight is 395 g/mol. The minimum Gasteiger partial charge on any atom is -0.330 e. The number of aromatic nitrogens is 2. The van der Waals surface area contributed by atoms with Crippen LogP contribution in [-0.2, 0) is 22.9 Å². The number of quaternary nitrogens is 1. The van der Waals surface area contributed by atoms with Crippen molar-refractivity contribution in [1.82, 2.24) is 9.78 Å². The fourth-order valence-corrected chi connectivity index (χ4v) is 5.83. The van der Waals surface area contributed by atoms with Crippen molar-refractivity contribution in [1.29, 1.82) is 0 Å². The third-order valence-corrected chi connectivity index (χ3v) is 7.67. The Kier molecular flexibility index (Phi) is 5.79. The van der Waals surface area contributed by atoms with Crippen molar-refractivity contribution in [3.05, 3.63) is 46.8 Å². The Morgan fingerprint density at radius 3 is 2.50 bits per heavy atom. The van der Waals surface area contributed by atoms with Crippen LogP contribution in [0.5, 0.6) is 0 Å². The molecule has 1 unspecified atom stereocenters. The number of thioether (sulfide) groups is 1. The van der Waals surface area contributed by atoms with E-state index in [0.29, 0.717) is 6.42 Å². The van der Waals surface area contributed by atoms with Gasteiger partial charge in [-0.2, -0.15) is 5.10 Å². The van der Waals surface area contributed by atoms with Crippen LogP contribution in [0.15, 0.2) is 29.2 Å². The molecule has 0 spiro atoms. The highest BCUT2D eigenvalue weighted by molar-refractivity contribution is 7.98. The monoisotopic (exact) mass is 394 g/mol. The lowest BCUT2D eigenvalue weighted by molar-refractivity contribution is -0.907. The van der Waals surface area contributed by atoms with Gasteiger partial charge in [0.25, 0.3) is 0 Å². The molecule has 1 fully saturated rings. The van der Waals surface area contributed by atoms with Gasteiger partial charge in [0.1, 0.15) is 13.1 Å². The van der Waals surface area contributed by atoms with Gasteiger partial charge in [-0.3, -0.25) is 4.68 Å². The number of nitrogens with one attached hydrogen (secondary N) is 1. The minimum absolute atomic E-state index is 0.00755. The number of aryl methyl sites for hydroxylation is 1. The first-order valence-corrected chi connectivity index (χ1v) is 12.0. The molecule has 1 saturated heterocycles. The molecule has 1 aliphatic heterocycles. The smallest absolute Gasteiger partial charge is 0.152 e. The van der Waals surface area contributed by atoms with E-state index in [-0.39, 0.29) is 17.5 Å². The largest absolute Gasteiger partial charge is 0.330 e. The molecule has 2 atom stereocenters. The van der Waals surface area contributed by atoms with Gasteiger partial charge >= 0.3 is 0 Å². The van der Waals surface area contributed by atoms with Crippen molar-refractivity contribution < 1.29 is 13.3 Å². The summed E-state index contributed by atoms with van der Waals surface area (Å²) in [6.07, 6.45) is 2.76. The summed E-state index contributed by atoms with van der Waals surface area (Å²) in [6.45, 7) is 5.95. The van der Waals surface area contributed by atoms with E-state index in [9.17, 15) is 8.42 Å². The van der Waals surface area contributed by atoms with E-state index in [1.807, 2.05) is 11.6 Å². The molecule has 0 aliphatic carbocycles. The Morgan fingerprint density at radius 2 is 1.92 bits per heavy atom. The standard InChI is InChI=1S/C19H27N3O2S2/c1-14-19(12-21(3)11-16-5-7-18(25-4)8-6-16)15(2)22(20-14)17-9-10-26(23,24)13-17/h5-8,17H,9-13H2,1-4H3/p+1/t17-/m1/s1. The van der Waals surface area contributed by atoms with E-state index < -0.39 is 9.84 Å². The molecule has 3 rings (SSSR count). The zero-order valence-electron chi connectivity index (χ0n) is 15.9. The maximum absolute atomic E-state index is 11.8. The highest BCUT2D eigenvalue weighted by Crippen LogP contribution is 2.26. The molecule has 0 amide bonds. The van der Waals surface area contributed by atoms with Crippen LogP contribution in [0.2, 0.25) is 0 Å². The molecule has 0 radical (unpaired) electrons. The van der Waals surface area contributed by atoms with Crippen LogP contribution in [-0.4, -0.2) is 43.0 Å². The van der Waals surface area contributed by atoms with Crippen LogP contribution in [0.25, 0.3) is 0 Å². The van der Waals surface area contributed by atoms with Crippen molar-refractivity contribution in [2.45, 2.75) is 44.3 Å². The van der Waals surface area contributed by atoms with Crippen molar-refractivity contribution >= 4 is 21.6 Å². The molecule has 7 heteroatoms. The van der Waals surface area contributed by atoms with Gasteiger partial charge in [0, 0.05) is 16.2 Å². The van der Waals surface area contributed by atoms with Gasteiger partial charge in [0.05, 0.1) is 35.9 Å². The van der Waals surface area contributed by atoms with E-state index >= 15 is 0 Å². The highest BCUT2D eigenvalue weighted by Gasteiger charge is 2.31. The number of hydrogen-bond donors (Lipinski definition) is 1. The van der Waals surface area contributed by atoms with Gasteiger partial charge in [0.15, 0.2) is 9.84 Å². The molecule has 5 nitrogen and oxygen atoms in total. The summed E-state index contributed by atoms with van der Waals surface area (Å²) in [5.74, 6) is 0.501. The average Bonchev–Trinajstić information content (AvgIpc) is 3.09. The first-order valence-electron chi connectivity index (χ1n) is 8.98. The van der Waals surface area contributed by atoms with E-state index in [1.54, 1.807) is 11.8 Å². The Hall–Kier alpha value is -1.31. The van der Waals surface area contributed by atoms with Gasteiger partial charge < -0.3 is 4.90 Å². The first-order chi connectivity index (χ1) is 12.3. The van der Waals surface area contributed by atoms with E-state index in [4.69, 9.17) is 0 Å². The number of benzene rings is 1. The minimum atomic E-state index is -2.90. The number of hydrogen-bond acceptors (Lipinski definition) is 4. The lowest BCUT2D eigenvalue weighted by Gasteiger charge is -2.15. The summed E-state index contributed by atoms with van der Waals surface area (Å²) >= 11 is 1.76. The van der Waals surface area contributed by atoms with Gasteiger partial charge in [0.2, 0.25) is 0 Å². The van der Waals surface area contributed by atoms with Crippen LogP contribution in [0.4, 0.5) is 0 Å². The fourth-order valence-electron chi connectivity index (χ4n) is 3.73. The third kappa shape index (κ3) is 4.32. The maximum atomic E-state index is 11.8. The SMILES string of the molecule is CSc1ccc(C[NH+](C)Cc2c(C)nn([C@@H]3CCS(=O)(=O)C3)c2C)cc1. The third-order valence-electron chi connectivity index (χ3n) is 5.17. The Morgan fingerprint density at radius 1 is 1.23 bits per heavy atom. The van der Waals surface area contributed by atoms with Crippen LogP contribution in [0.3, 0.4) is 0 Å². The summed E-state index contributed by atoms with van der Waals surface area (Å²) in [5, 5.41) is 4.68. The van der Waals surface area contributed by atoms with Crippen molar-refractivity contribution in [3.63, 3.8) is 0 Å². The van der Waals surface area contributed by atoms with Crippen LogP contribution >= 0.6 is 11.8 Å². The lowest BCUT2D eigenvalue weighted by atomic mass is 10.1. The summed E-state index contributed by atoms with van der Waals surface area (Å²) in [5.41, 5.74) is 4.70. The van der Waals surface area contributed by atoms with Gasteiger partial charge in [-0.25, -0.2) is 8.42 Å². The Bertz CT molecular complexity index is 873. The lowest BCUT2D eigenvalue weighted by Crippen LogP contribution is -3.06. The molecule has 1 aromatic carbocycles. The zero-order valence-corrected chi connectivity index (χ0v) is 17.6. The molecular formula is C19H28N3O2S2+. The van der Waals surface area contributed by atoms with Crippen LogP contribution < -0.4 is 4.90 Å². The number of sulfone groups is 1. The van der Waals surface area contributed by atoms with Gasteiger partial charge in [-0.15, -0.1) is 11.8 Å². The van der Waals surface area contributed by atoms with E-state index in [0.717, 1.165) is 24.5 Å². The maximum Gasteiger partial charge on any atom is 0.152 e. The summed E-state index contributed by atoms with van der Waals surface area (Å²) in [4.78, 5) is 2.68. The van der Waals surface area contributed by atoms with Crippen LogP contribution in [0, 0.1) is 13.8 Å². The second-order valence-electron chi connectivity index (χ2n) is 7.31. The Balaban J connectivity index is 1.71. The van der Waals surface area contributed by atoms with Crippen molar-refractivity contribution in [2.24, 2.45) is 0 Å². The number of rotatable bonds is 6. The summed E-state index contributed by atoms with van der Waals surface area (Å²) < 4.78 is 25.5. The molecule has 1 aromatic heterocycles. The molecule has 26 heavy (non-hydrogen) atoms. The van der Waals surface area contributed by atoms with Crippen LogP contribution in [0.1, 0.15) is 35.0 Å². The molecule has 0 saturated carbocycles. The molecule has 1 N–H and O–H groups in total. The fraction of sp³-hybridized carbons (Fsp3) is 0.526. The summed E-state index contributed by atoms with van der Waals surface area (Å²) in [6, 6.07) is 8.72. The first kappa shape index (κ1) is 19.5. The van der Waals surface area contributed by atoms with Crippen molar-refractivity contribution in [2.75, 3.05) is 24.8 Å². The number of nitrogens with zero attached hydrogens (tertiary/aromatic N) is 2. The normalized spacial score (nSPS) is 20.4. The molecule has 142 valence electrons. The van der Waals surface area contributed by atoms with E-state index in [2.05, 4.69) is 49.6 Å².